The molecule has 0 bridgehead atoms. The van der Waals surface area contributed by atoms with Crippen molar-refractivity contribution in [1.29, 1.82) is 0 Å². The number of aromatic hydroxyl groups is 1. The van der Waals surface area contributed by atoms with Gasteiger partial charge < -0.3 is 19.1 Å². The van der Waals surface area contributed by atoms with E-state index in [0.29, 0.717) is 17.2 Å². The maximum atomic E-state index is 10.9. The molecule has 140 valence electrons. The van der Waals surface area contributed by atoms with Crippen molar-refractivity contribution in [2.24, 2.45) is 10.2 Å². The van der Waals surface area contributed by atoms with E-state index in [1.54, 1.807) is 14.2 Å². The largest absolute Gasteiger partial charge is 0.493 e. The topological polar surface area (TPSA) is 68.3 Å². The Balaban J connectivity index is 1.89. The first-order valence-electron chi connectivity index (χ1n) is 8.67. The molecule has 0 radical (unpaired) electrons. The fraction of sp³-hybridized carbons (Fsp3) is 0.300. The summed E-state index contributed by atoms with van der Waals surface area (Å²) in [6.45, 7) is 2.01. The van der Waals surface area contributed by atoms with Crippen LogP contribution < -0.4 is 9.47 Å². The first kappa shape index (κ1) is 17.7. The Morgan fingerprint density at radius 1 is 1.07 bits per heavy atom. The molecule has 3 aromatic rings. The summed E-state index contributed by atoms with van der Waals surface area (Å²) in [4.78, 5) is 0. The normalized spacial score (nSPS) is 14.6. The molecule has 1 aliphatic rings. The number of aromatic nitrogens is 1. The van der Waals surface area contributed by atoms with E-state index in [4.69, 9.17) is 9.47 Å². The summed E-state index contributed by atoms with van der Waals surface area (Å²) in [5, 5.41) is 20.4. The van der Waals surface area contributed by atoms with Crippen LogP contribution in [0.1, 0.15) is 11.6 Å². The summed E-state index contributed by atoms with van der Waals surface area (Å²) in [5.41, 5.74) is 3.17. The van der Waals surface area contributed by atoms with Crippen LogP contribution in [0.4, 0.5) is 11.4 Å². The van der Waals surface area contributed by atoms with Crippen LogP contribution >= 0.6 is 11.8 Å². The summed E-state index contributed by atoms with van der Waals surface area (Å²) < 4.78 is 12.8. The van der Waals surface area contributed by atoms with E-state index in [2.05, 4.69) is 10.2 Å². The van der Waals surface area contributed by atoms with Crippen molar-refractivity contribution >= 4 is 34.0 Å². The van der Waals surface area contributed by atoms with Gasteiger partial charge in [-0.2, -0.15) is 16.9 Å². The maximum Gasteiger partial charge on any atom is 0.221 e. The Kier molecular flexibility index (Phi) is 4.70. The van der Waals surface area contributed by atoms with Gasteiger partial charge in [-0.3, -0.25) is 0 Å². The number of benzene rings is 2. The van der Waals surface area contributed by atoms with Crippen molar-refractivity contribution in [2.75, 3.05) is 25.7 Å². The second-order valence-corrected chi connectivity index (χ2v) is 7.57. The maximum absolute atomic E-state index is 10.9. The Hall–Kier alpha value is -2.67. The van der Waals surface area contributed by atoms with Gasteiger partial charge in [0.05, 0.1) is 31.5 Å². The first-order chi connectivity index (χ1) is 13.1. The quantitative estimate of drug-likeness (QED) is 0.601. The van der Waals surface area contributed by atoms with Gasteiger partial charge in [0.15, 0.2) is 17.2 Å². The van der Waals surface area contributed by atoms with Gasteiger partial charge >= 0.3 is 0 Å². The van der Waals surface area contributed by atoms with Crippen LogP contribution in [-0.2, 0) is 0 Å². The Labute approximate surface area is 161 Å². The van der Waals surface area contributed by atoms with Gasteiger partial charge in [-0.15, -0.1) is 5.11 Å². The number of thioether (sulfide) groups is 1. The fourth-order valence-electron chi connectivity index (χ4n) is 3.24. The molecule has 1 N–H and O–H groups in total. The lowest BCUT2D eigenvalue weighted by Gasteiger charge is -2.28. The smallest absolute Gasteiger partial charge is 0.221 e. The van der Waals surface area contributed by atoms with E-state index in [0.717, 1.165) is 33.7 Å². The summed E-state index contributed by atoms with van der Waals surface area (Å²) in [6, 6.07) is 11.8. The second kappa shape index (κ2) is 7.15. The molecule has 1 saturated heterocycles. The van der Waals surface area contributed by atoms with Crippen molar-refractivity contribution in [3.8, 4) is 17.4 Å². The van der Waals surface area contributed by atoms with Gasteiger partial charge in [0.2, 0.25) is 5.88 Å². The first-order valence-corrected chi connectivity index (χ1v) is 9.83. The number of methoxy groups -OCH3 is 2. The molecule has 1 aliphatic heterocycles. The molecular weight excluding hydrogens is 362 g/mol. The lowest BCUT2D eigenvalue weighted by atomic mass is 10.2. The van der Waals surface area contributed by atoms with E-state index in [9.17, 15) is 5.11 Å². The molecule has 0 saturated carbocycles. The lowest BCUT2D eigenvalue weighted by Crippen LogP contribution is -2.22. The number of hydrogen-bond donors (Lipinski definition) is 1. The van der Waals surface area contributed by atoms with E-state index < -0.39 is 0 Å². The van der Waals surface area contributed by atoms with Crippen LogP contribution in [-0.4, -0.2) is 35.4 Å². The molecule has 6 nitrogen and oxygen atoms in total. The van der Waals surface area contributed by atoms with Gasteiger partial charge in [0.25, 0.3) is 0 Å². The zero-order valence-corrected chi connectivity index (χ0v) is 16.3. The van der Waals surface area contributed by atoms with Crippen molar-refractivity contribution in [1.82, 2.24) is 4.57 Å². The highest BCUT2D eigenvalue weighted by Gasteiger charge is 2.28. The van der Waals surface area contributed by atoms with Crippen molar-refractivity contribution in [2.45, 2.75) is 13.0 Å². The van der Waals surface area contributed by atoms with Gasteiger partial charge in [0, 0.05) is 23.0 Å². The van der Waals surface area contributed by atoms with E-state index in [-0.39, 0.29) is 11.9 Å². The molecule has 1 fully saturated rings. The molecule has 0 amide bonds. The lowest BCUT2D eigenvalue weighted by molar-refractivity contribution is 0.355. The van der Waals surface area contributed by atoms with E-state index in [1.165, 1.54) is 0 Å². The molecule has 4 rings (SSSR count). The predicted octanol–water partition coefficient (Wildman–Crippen LogP) is 5.38. The van der Waals surface area contributed by atoms with Gasteiger partial charge in [-0.1, -0.05) is 12.1 Å². The molecular formula is C20H21N3O3S. The van der Waals surface area contributed by atoms with Crippen molar-refractivity contribution in [3.63, 3.8) is 0 Å². The number of azo groups is 1. The number of rotatable bonds is 5. The zero-order valence-electron chi connectivity index (χ0n) is 15.5. The Morgan fingerprint density at radius 2 is 1.81 bits per heavy atom. The number of aryl methyl sites for hydroxylation is 1. The van der Waals surface area contributed by atoms with Crippen LogP contribution in [0.15, 0.2) is 46.6 Å². The average Bonchev–Trinajstić information content (AvgIpc) is 2.89. The number of hydrogen-bond acceptors (Lipinski definition) is 6. The number of fused-ring (bicyclic) bond motifs is 1. The molecule has 0 spiro atoms. The molecule has 2 aromatic carbocycles. The summed E-state index contributed by atoms with van der Waals surface area (Å²) in [7, 11) is 3.20. The highest BCUT2D eigenvalue weighted by atomic mass is 32.2. The minimum Gasteiger partial charge on any atom is -0.493 e. The molecule has 0 aliphatic carbocycles. The summed E-state index contributed by atoms with van der Waals surface area (Å²) >= 11 is 1.85. The van der Waals surface area contributed by atoms with Crippen molar-refractivity contribution in [3.05, 3.63) is 42.0 Å². The average molecular weight is 383 g/mol. The van der Waals surface area contributed by atoms with Crippen molar-refractivity contribution < 1.29 is 14.6 Å². The third kappa shape index (κ3) is 3.12. The van der Waals surface area contributed by atoms with E-state index >= 15 is 0 Å². The molecule has 0 atom stereocenters. The molecule has 1 aromatic heterocycles. The highest BCUT2D eigenvalue weighted by Crippen LogP contribution is 2.47. The van der Waals surface area contributed by atoms with Crippen LogP contribution in [0.5, 0.6) is 17.4 Å². The molecule has 27 heavy (non-hydrogen) atoms. The zero-order chi connectivity index (χ0) is 19.0. The van der Waals surface area contributed by atoms with Crippen LogP contribution in [0.25, 0.3) is 10.9 Å². The van der Waals surface area contributed by atoms with E-state index in [1.807, 2.05) is 59.7 Å². The monoisotopic (exact) mass is 383 g/mol. The number of nitrogens with zero attached hydrogens (tertiary/aromatic N) is 3. The highest BCUT2D eigenvalue weighted by molar-refractivity contribution is 8.00. The SMILES string of the molecule is COc1cc2c(N=Nc3cccc(C)c3)c(O)n(C3CSC3)c2cc1OC. The fourth-order valence-corrected chi connectivity index (χ4v) is 3.99. The molecule has 2 heterocycles. The van der Waals surface area contributed by atoms with Gasteiger partial charge in [-0.25, -0.2) is 0 Å². The summed E-state index contributed by atoms with van der Waals surface area (Å²) in [6.07, 6.45) is 0. The minimum atomic E-state index is 0.127. The number of ether oxygens (including phenoxy) is 2. The molecule has 0 unspecified atom stereocenters. The Bertz CT molecular complexity index is 1020. The molecule has 7 heteroatoms. The van der Waals surface area contributed by atoms with Crippen LogP contribution in [0, 0.1) is 6.92 Å². The van der Waals surface area contributed by atoms with Crippen LogP contribution in [0.2, 0.25) is 0 Å². The van der Waals surface area contributed by atoms with Gasteiger partial charge in [-0.05, 0) is 30.7 Å². The third-order valence-electron chi connectivity index (χ3n) is 4.71. The summed E-state index contributed by atoms with van der Waals surface area (Å²) in [5.74, 6) is 3.26. The second-order valence-electron chi connectivity index (χ2n) is 6.50. The van der Waals surface area contributed by atoms with Gasteiger partial charge in [0.1, 0.15) is 0 Å². The predicted molar refractivity (Wildman–Crippen MR) is 108 cm³/mol. The minimum absolute atomic E-state index is 0.127. The van der Waals surface area contributed by atoms with Crippen LogP contribution in [0.3, 0.4) is 0 Å². The Morgan fingerprint density at radius 3 is 2.44 bits per heavy atom. The third-order valence-corrected chi connectivity index (χ3v) is 5.95. The standard InChI is InChI=1S/C20H21N3O3S/c1-12-5-4-6-13(7-12)21-22-19-15-8-17(25-2)18(26-3)9-16(15)23(20(19)24)14-10-27-11-14/h4-9,14,24H,10-11H2,1-3H3.